The lowest BCUT2D eigenvalue weighted by atomic mass is 10.8. The molecule has 0 aliphatic rings. The van der Waals surface area contributed by atoms with E-state index in [4.69, 9.17) is 0 Å². The van der Waals surface area contributed by atoms with Gasteiger partial charge >= 0.3 is 30.4 Å². The number of halogens is 10. The molecule has 0 aliphatic carbocycles. The SMILES string of the molecule is FCCOC(OC(F)(F)F)=C(F)F.FCOC(OCF)=C(F)F. The molecule has 0 aliphatic heterocycles. The Balaban J connectivity index is 0. The summed E-state index contributed by atoms with van der Waals surface area (Å²) in [7, 11) is 0. The summed E-state index contributed by atoms with van der Waals surface area (Å²) in [5.74, 6) is -3.44. The van der Waals surface area contributed by atoms with Crippen molar-refractivity contribution in [2.45, 2.75) is 6.36 Å². The van der Waals surface area contributed by atoms with E-state index in [9.17, 15) is 43.9 Å². The molecule has 0 bridgehead atoms. The zero-order chi connectivity index (χ0) is 18.5. The summed E-state index contributed by atoms with van der Waals surface area (Å²) in [4.78, 5) is 0. The summed E-state index contributed by atoms with van der Waals surface area (Å²) >= 11 is 0. The molecule has 0 saturated heterocycles. The molecular weight excluding hydrogens is 362 g/mol. The number of hydrogen-bond donors (Lipinski definition) is 0. The normalized spacial score (nSPS) is 10.0. The van der Waals surface area contributed by atoms with Crippen molar-refractivity contribution in [3.63, 3.8) is 0 Å². The molecule has 0 aromatic carbocycles. The van der Waals surface area contributed by atoms with Gasteiger partial charge in [0.1, 0.15) is 13.3 Å². The molecule has 4 nitrogen and oxygen atoms in total. The fourth-order valence-electron chi connectivity index (χ4n) is 0.609. The van der Waals surface area contributed by atoms with E-state index in [0.29, 0.717) is 0 Å². The van der Waals surface area contributed by atoms with Gasteiger partial charge in [-0.1, -0.05) is 0 Å². The molecule has 0 aromatic rings. The highest BCUT2D eigenvalue weighted by atomic mass is 19.4. The lowest BCUT2D eigenvalue weighted by molar-refractivity contribution is -0.324. The summed E-state index contributed by atoms with van der Waals surface area (Å²) < 4.78 is 127. The molecule has 0 aromatic heterocycles. The maximum Gasteiger partial charge on any atom is 0.575 e. The molecule has 138 valence electrons. The van der Waals surface area contributed by atoms with Crippen molar-refractivity contribution in [3.05, 3.63) is 24.1 Å². The van der Waals surface area contributed by atoms with E-state index in [-0.39, 0.29) is 0 Å². The molecule has 0 spiro atoms. The van der Waals surface area contributed by atoms with E-state index in [2.05, 4.69) is 18.9 Å². The molecule has 23 heavy (non-hydrogen) atoms. The van der Waals surface area contributed by atoms with Gasteiger partial charge in [-0.15, -0.1) is 13.2 Å². The van der Waals surface area contributed by atoms with Crippen LogP contribution in [0, 0.1) is 0 Å². The molecule has 0 atom stereocenters. The van der Waals surface area contributed by atoms with E-state index in [1.54, 1.807) is 0 Å². The zero-order valence-corrected chi connectivity index (χ0v) is 10.7. The highest BCUT2D eigenvalue weighted by molar-refractivity contribution is 4.83. The van der Waals surface area contributed by atoms with Gasteiger partial charge < -0.3 is 18.9 Å². The van der Waals surface area contributed by atoms with Gasteiger partial charge in [-0.25, -0.2) is 13.2 Å². The third-order valence-electron chi connectivity index (χ3n) is 1.20. The van der Waals surface area contributed by atoms with E-state index < -0.39 is 57.4 Å². The first-order chi connectivity index (χ1) is 10.6. The average Bonchev–Trinajstić information content (AvgIpc) is 2.42. The minimum absolute atomic E-state index is 0.928. The first kappa shape index (κ1) is 23.2. The maximum absolute atomic E-state index is 11.6. The molecule has 0 saturated carbocycles. The monoisotopic (exact) mass is 370 g/mol. The van der Waals surface area contributed by atoms with Crippen molar-refractivity contribution in [2.75, 3.05) is 27.0 Å². The fourth-order valence-corrected chi connectivity index (χ4v) is 0.609. The van der Waals surface area contributed by atoms with Crippen molar-refractivity contribution in [2.24, 2.45) is 0 Å². The first-order valence-electron chi connectivity index (χ1n) is 5.01. The number of ether oxygens (including phenoxy) is 4. The summed E-state index contributed by atoms with van der Waals surface area (Å²) in [5, 5.41) is 0. The van der Waals surface area contributed by atoms with Crippen LogP contribution in [0.5, 0.6) is 0 Å². The second-order valence-corrected chi connectivity index (χ2v) is 2.69. The van der Waals surface area contributed by atoms with Gasteiger partial charge in [0.25, 0.3) is 0 Å². The Kier molecular flexibility index (Phi) is 12.7. The predicted octanol–water partition coefficient (Wildman–Crippen LogP) is 4.51. The number of alkyl halides is 6. The maximum atomic E-state index is 11.6. The Hall–Kier alpha value is -2.02. The predicted molar refractivity (Wildman–Crippen MR) is 51.7 cm³/mol. The molecule has 0 unspecified atom stereocenters. The molecule has 0 radical (unpaired) electrons. The summed E-state index contributed by atoms with van der Waals surface area (Å²) in [6.07, 6.45) is -10.5. The van der Waals surface area contributed by atoms with Gasteiger partial charge in [0.05, 0.1) is 0 Å². The Labute approximate surface area is 121 Å². The van der Waals surface area contributed by atoms with Gasteiger partial charge in [0.15, 0.2) is 0 Å². The van der Waals surface area contributed by atoms with E-state index in [0.717, 1.165) is 0 Å². The average molecular weight is 370 g/mol. The minimum atomic E-state index is -5.28. The van der Waals surface area contributed by atoms with E-state index in [1.165, 1.54) is 0 Å². The van der Waals surface area contributed by atoms with Gasteiger partial charge in [0.2, 0.25) is 13.7 Å². The highest BCUT2D eigenvalue weighted by Crippen LogP contribution is 2.24. The van der Waals surface area contributed by atoms with Crippen LogP contribution in [0.15, 0.2) is 24.1 Å². The lowest BCUT2D eigenvalue weighted by Crippen LogP contribution is -2.15. The van der Waals surface area contributed by atoms with Gasteiger partial charge in [-0.3, -0.25) is 0 Å². The lowest BCUT2D eigenvalue weighted by Gasteiger charge is -2.10. The standard InChI is InChI=1S/C5H4F6O2.C4H4F4O2/c6-1-2-12-4(3(7)8)13-5(9,10)11;5-1-9-4(3(7)8)10-2-6/h1-2H2;1-2H2. The van der Waals surface area contributed by atoms with Crippen LogP contribution in [0.1, 0.15) is 0 Å². The Morgan fingerprint density at radius 3 is 1.39 bits per heavy atom. The molecule has 0 rings (SSSR count). The molecule has 14 heteroatoms. The van der Waals surface area contributed by atoms with Crippen molar-refractivity contribution in [3.8, 4) is 0 Å². The highest BCUT2D eigenvalue weighted by Gasteiger charge is 2.35. The Bertz CT molecular complexity index is 365. The van der Waals surface area contributed by atoms with Gasteiger partial charge in [-0.2, -0.15) is 17.6 Å². The van der Waals surface area contributed by atoms with Crippen LogP contribution in [0.4, 0.5) is 43.9 Å². The van der Waals surface area contributed by atoms with Gasteiger partial charge in [-0.05, 0) is 0 Å². The van der Waals surface area contributed by atoms with Crippen molar-refractivity contribution < 1.29 is 62.9 Å². The van der Waals surface area contributed by atoms with Crippen LogP contribution in [0.25, 0.3) is 0 Å². The van der Waals surface area contributed by atoms with Crippen LogP contribution in [-0.2, 0) is 18.9 Å². The zero-order valence-electron chi connectivity index (χ0n) is 10.7. The molecule has 0 fully saturated rings. The van der Waals surface area contributed by atoms with Crippen molar-refractivity contribution in [1.29, 1.82) is 0 Å². The fraction of sp³-hybridized carbons (Fsp3) is 0.556. The molecule has 0 heterocycles. The quantitative estimate of drug-likeness (QED) is 0.465. The number of rotatable bonds is 8. The Morgan fingerprint density at radius 1 is 0.696 bits per heavy atom. The minimum Gasteiger partial charge on any atom is -0.459 e. The largest absolute Gasteiger partial charge is 0.575 e. The second-order valence-electron chi connectivity index (χ2n) is 2.69. The number of hydrogen-bond acceptors (Lipinski definition) is 4. The van der Waals surface area contributed by atoms with Crippen molar-refractivity contribution >= 4 is 0 Å². The summed E-state index contributed by atoms with van der Waals surface area (Å²) in [5.41, 5.74) is 0. The first-order valence-corrected chi connectivity index (χ1v) is 5.01. The van der Waals surface area contributed by atoms with Crippen LogP contribution in [0.2, 0.25) is 0 Å². The van der Waals surface area contributed by atoms with Crippen LogP contribution < -0.4 is 0 Å². The summed E-state index contributed by atoms with van der Waals surface area (Å²) in [6, 6.07) is 0. The molecule has 0 amide bonds. The van der Waals surface area contributed by atoms with E-state index >= 15 is 0 Å². The summed E-state index contributed by atoms with van der Waals surface area (Å²) in [6.45, 7) is -5.08. The van der Waals surface area contributed by atoms with Crippen molar-refractivity contribution in [1.82, 2.24) is 0 Å². The van der Waals surface area contributed by atoms with Gasteiger partial charge in [0, 0.05) is 0 Å². The van der Waals surface area contributed by atoms with E-state index in [1.807, 2.05) is 0 Å². The third kappa shape index (κ3) is 14.7. The molecular formula is C9H8F10O4. The second kappa shape index (κ2) is 12.5. The smallest absolute Gasteiger partial charge is 0.459 e. The topological polar surface area (TPSA) is 36.9 Å². The third-order valence-corrected chi connectivity index (χ3v) is 1.20. The van der Waals surface area contributed by atoms with Crippen LogP contribution in [-0.4, -0.2) is 33.4 Å². The Morgan fingerprint density at radius 2 is 1.13 bits per heavy atom. The van der Waals surface area contributed by atoms with Crippen LogP contribution in [0.3, 0.4) is 0 Å². The van der Waals surface area contributed by atoms with Crippen LogP contribution >= 0.6 is 0 Å². The molecule has 0 N–H and O–H groups in total.